The molecule has 0 aliphatic carbocycles. The van der Waals surface area contributed by atoms with Crippen LogP contribution in [-0.2, 0) is 21.3 Å². The van der Waals surface area contributed by atoms with Gasteiger partial charge in [0.05, 0.1) is 12.9 Å². The van der Waals surface area contributed by atoms with E-state index in [4.69, 9.17) is 9.26 Å². The van der Waals surface area contributed by atoms with Crippen LogP contribution >= 0.6 is 0 Å². The van der Waals surface area contributed by atoms with Crippen LogP contribution in [0.15, 0.2) is 65.2 Å². The molecule has 7 heteroatoms. The zero-order chi connectivity index (χ0) is 19.2. The number of rotatable bonds is 7. The first kappa shape index (κ1) is 18.8. The van der Waals surface area contributed by atoms with Crippen LogP contribution in [0.1, 0.15) is 5.76 Å². The van der Waals surface area contributed by atoms with E-state index in [2.05, 4.69) is 5.16 Å². The van der Waals surface area contributed by atoms with Gasteiger partial charge in [0.25, 0.3) is 0 Å². The van der Waals surface area contributed by atoms with Crippen molar-refractivity contribution >= 4 is 22.4 Å². The minimum absolute atomic E-state index is 0.0872. The summed E-state index contributed by atoms with van der Waals surface area (Å²) in [7, 11) is 1.85. The number of hydrogen-bond donors (Lipinski definition) is 0. The predicted molar refractivity (Wildman–Crippen MR) is 105 cm³/mol. The normalized spacial score (nSPS) is 11.8. The lowest BCUT2D eigenvalue weighted by Crippen LogP contribution is -2.30. The fraction of sp³-hybridized carbons (Fsp3) is 0.200. The van der Waals surface area contributed by atoms with E-state index in [1.807, 2.05) is 54.6 Å². The maximum atomic E-state index is 12.4. The number of carbonyl (C=O) groups is 1. The molecular formula is C20H20N2O4S. The molecule has 0 spiro atoms. The highest BCUT2D eigenvalue weighted by atomic mass is 32.2. The second-order valence-corrected chi connectivity index (χ2v) is 7.35. The quantitative estimate of drug-likeness (QED) is 0.625. The van der Waals surface area contributed by atoms with Gasteiger partial charge in [0.2, 0.25) is 5.91 Å². The molecule has 2 aromatic carbocycles. The van der Waals surface area contributed by atoms with Gasteiger partial charge in [-0.15, -0.1) is 0 Å². The van der Waals surface area contributed by atoms with E-state index in [0.29, 0.717) is 17.2 Å². The van der Waals surface area contributed by atoms with Crippen LogP contribution in [-0.4, -0.2) is 35.2 Å². The van der Waals surface area contributed by atoms with Gasteiger partial charge in [-0.2, -0.15) is 0 Å². The second kappa shape index (κ2) is 8.64. The van der Waals surface area contributed by atoms with E-state index in [-0.39, 0.29) is 17.4 Å². The van der Waals surface area contributed by atoms with Gasteiger partial charge >= 0.3 is 0 Å². The Morgan fingerprint density at radius 3 is 2.59 bits per heavy atom. The summed E-state index contributed by atoms with van der Waals surface area (Å²) in [4.78, 5) is 13.8. The van der Waals surface area contributed by atoms with Crippen LogP contribution in [0, 0.1) is 0 Å². The average Bonchev–Trinajstić information content (AvgIpc) is 3.16. The van der Waals surface area contributed by atoms with Crippen molar-refractivity contribution in [1.29, 1.82) is 0 Å². The van der Waals surface area contributed by atoms with Crippen molar-refractivity contribution in [3.8, 4) is 17.0 Å². The lowest BCUT2D eigenvalue weighted by atomic mass is 10.1. The molecule has 0 aliphatic heterocycles. The van der Waals surface area contributed by atoms with E-state index in [0.717, 1.165) is 11.3 Å². The van der Waals surface area contributed by atoms with E-state index in [9.17, 15) is 9.00 Å². The number of nitrogens with zero attached hydrogens (tertiary/aromatic N) is 2. The van der Waals surface area contributed by atoms with Crippen molar-refractivity contribution in [2.75, 3.05) is 24.8 Å². The zero-order valence-corrected chi connectivity index (χ0v) is 15.9. The van der Waals surface area contributed by atoms with Gasteiger partial charge in [0.1, 0.15) is 23.0 Å². The monoisotopic (exact) mass is 384 g/mol. The molecule has 0 radical (unpaired) electrons. The summed E-state index contributed by atoms with van der Waals surface area (Å²) in [6.45, 7) is 0. The van der Waals surface area contributed by atoms with Crippen LogP contribution in [0.5, 0.6) is 5.75 Å². The van der Waals surface area contributed by atoms with Crippen molar-refractivity contribution in [1.82, 2.24) is 5.16 Å². The van der Waals surface area contributed by atoms with Gasteiger partial charge in [-0.25, -0.2) is 0 Å². The van der Waals surface area contributed by atoms with Crippen molar-refractivity contribution < 1.29 is 18.3 Å². The fourth-order valence-electron chi connectivity index (χ4n) is 2.60. The number of hydrogen-bond acceptors (Lipinski definition) is 5. The number of carbonyl (C=O) groups excluding carboxylic acids is 1. The third-order valence-electron chi connectivity index (χ3n) is 4.05. The van der Waals surface area contributed by atoms with Crippen LogP contribution < -0.4 is 9.64 Å². The SMILES string of the molecule is COc1ccccc1-c1cc(CS(=O)CC(=O)N(C)c2ccccc2)on1. The predicted octanol–water partition coefficient (Wildman–Crippen LogP) is 3.26. The smallest absolute Gasteiger partial charge is 0.239 e. The minimum Gasteiger partial charge on any atom is -0.496 e. The molecule has 1 aromatic heterocycles. The van der Waals surface area contributed by atoms with Crippen molar-refractivity contribution in [2.24, 2.45) is 0 Å². The van der Waals surface area contributed by atoms with Crippen LogP contribution in [0.4, 0.5) is 5.69 Å². The number of anilines is 1. The first-order valence-electron chi connectivity index (χ1n) is 8.34. The lowest BCUT2D eigenvalue weighted by molar-refractivity contribution is -0.115. The zero-order valence-electron chi connectivity index (χ0n) is 15.1. The Kier molecular flexibility index (Phi) is 6.03. The van der Waals surface area contributed by atoms with E-state index < -0.39 is 10.8 Å². The molecule has 1 unspecified atom stereocenters. The standard InChI is InChI=1S/C20H20N2O4S/c1-22(15-8-4-3-5-9-15)20(23)14-27(24)13-16-12-18(21-26-16)17-10-6-7-11-19(17)25-2/h3-12H,13-14H2,1-2H3. The van der Waals surface area contributed by atoms with Crippen LogP contribution in [0.2, 0.25) is 0 Å². The molecule has 1 heterocycles. The summed E-state index contributed by atoms with van der Waals surface area (Å²) in [5, 5.41) is 4.03. The number of aromatic nitrogens is 1. The molecule has 0 bridgehead atoms. The molecule has 3 aromatic rings. The Labute approximate surface area is 160 Å². The summed E-state index contributed by atoms with van der Waals surface area (Å²) in [5.74, 6) is 0.957. The maximum Gasteiger partial charge on any atom is 0.239 e. The first-order valence-corrected chi connectivity index (χ1v) is 9.83. The summed E-state index contributed by atoms with van der Waals surface area (Å²) in [6.07, 6.45) is 0. The molecular weight excluding hydrogens is 364 g/mol. The van der Waals surface area contributed by atoms with E-state index >= 15 is 0 Å². The number of para-hydroxylation sites is 2. The molecule has 0 N–H and O–H groups in total. The molecule has 27 heavy (non-hydrogen) atoms. The fourth-order valence-corrected chi connectivity index (χ4v) is 3.63. The third-order valence-corrected chi connectivity index (χ3v) is 5.22. The topological polar surface area (TPSA) is 72.6 Å². The lowest BCUT2D eigenvalue weighted by Gasteiger charge is -2.16. The highest BCUT2D eigenvalue weighted by molar-refractivity contribution is 7.84. The Morgan fingerprint density at radius 2 is 1.85 bits per heavy atom. The summed E-state index contributed by atoms with van der Waals surface area (Å²) >= 11 is 0. The molecule has 0 saturated carbocycles. The summed E-state index contributed by atoms with van der Waals surface area (Å²) in [5.41, 5.74) is 2.16. The number of methoxy groups -OCH3 is 1. The van der Waals surface area contributed by atoms with Gasteiger partial charge in [0.15, 0.2) is 0 Å². The molecule has 0 aliphatic rings. The number of benzene rings is 2. The highest BCUT2D eigenvalue weighted by Crippen LogP contribution is 2.29. The van der Waals surface area contributed by atoms with Gasteiger partial charge < -0.3 is 14.2 Å². The number of ether oxygens (including phenoxy) is 1. The Hall–Kier alpha value is -2.93. The van der Waals surface area contributed by atoms with Gasteiger partial charge in [-0.3, -0.25) is 9.00 Å². The van der Waals surface area contributed by atoms with Crippen LogP contribution in [0.3, 0.4) is 0 Å². The third kappa shape index (κ3) is 4.62. The van der Waals surface area contributed by atoms with E-state index in [1.54, 1.807) is 20.2 Å². The second-order valence-electron chi connectivity index (χ2n) is 5.90. The maximum absolute atomic E-state index is 12.4. The summed E-state index contributed by atoms with van der Waals surface area (Å²) < 4.78 is 23.0. The molecule has 0 fully saturated rings. The van der Waals surface area contributed by atoms with Crippen molar-refractivity contribution in [3.05, 3.63) is 66.4 Å². The number of amides is 1. The van der Waals surface area contributed by atoms with Gasteiger partial charge in [-0.1, -0.05) is 35.5 Å². The van der Waals surface area contributed by atoms with Crippen molar-refractivity contribution in [3.63, 3.8) is 0 Å². The Balaban J connectivity index is 1.63. The highest BCUT2D eigenvalue weighted by Gasteiger charge is 2.17. The van der Waals surface area contributed by atoms with Crippen LogP contribution in [0.25, 0.3) is 11.3 Å². The molecule has 3 rings (SSSR count). The molecule has 1 atom stereocenters. The van der Waals surface area contributed by atoms with Crippen molar-refractivity contribution in [2.45, 2.75) is 5.75 Å². The van der Waals surface area contributed by atoms with E-state index in [1.165, 1.54) is 4.90 Å². The molecule has 0 saturated heterocycles. The summed E-state index contributed by atoms with van der Waals surface area (Å²) in [6, 6.07) is 18.4. The largest absolute Gasteiger partial charge is 0.496 e. The first-order chi connectivity index (χ1) is 13.1. The molecule has 140 valence electrons. The van der Waals surface area contributed by atoms with Gasteiger partial charge in [-0.05, 0) is 24.3 Å². The minimum atomic E-state index is -1.40. The average molecular weight is 384 g/mol. The van der Waals surface area contributed by atoms with Gasteiger partial charge in [0, 0.05) is 35.2 Å². The molecule has 1 amide bonds. The Bertz CT molecular complexity index is 940. The Morgan fingerprint density at radius 1 is 1.15 bits per heavy atom. The molecule has 6 nitrogen and oxygen atoms in total.